The van der Waals surface area contributed by atoms with Crippen LogP contribution in [0.1, 0.15) is 59.3 Å². The van der Waals surface area contributed by atoms with Gasteiger partial charge in [-0.1, -0.05) is 39.0 Å². The number of rotatable bonds is 6. The number of allylic oxidation sites excluding steroid dienone is 2. The maximum Gasteiger partial charge on any atom is 0.308 e. The molecule has 2 N–H and O–H groups in total. The summed E-state index contributed by atoms with van der Waals surface area (Å²) in [6.45, 7) is 5.97. The molecule has 1 saturated heterocycles. The molecule has 6 heteroatoms. The number of ether oxygens (including phenoxy) is 2. The molecule has 8 atom stereocenters. The molecule has 162 valence electrons. The third-order valence-electron chi connectivity index (χ3n) is 6.71. The predicted octanol–water partition coefficient (Wildman–Crippen LogP) is 2.92. The van der Waals surface area contributed by atoms with Crippen LogP contribution in [-0.4, -0.2) is 46.6 Å². The minimum Gasteiger partial charge on any atom is -0.462 e. The van der Waals surface area contributed by atoms with E-state index < -0.39 is 12.2 Å². The summed E-state index contributed by atoms with van der Waals surface area (Å²) in [6.07, 6.45) is 7.31. The molecule has 2 unspecified atom stereocenters. The van der Waals surface area contributed by atoms with Gasteiger partial charge in [-0.3, -0.25) is 9.59 Å². The van der Waals surface area contributed by atoms with E-state index in [1.807, 2.05) is 26.0 Å². The SMILES string of the molecule is CC[C@H](C)C(=O)O[C@H]1C[C@H](O)C=C2C=C[C@H](C)C(CCC3C[C@@H](O)CC(=O)O3)[C@H]21. The second kappa shape index (κ2) is 9.43. The third-order valence-corrected chi connectivity index (χ3v) is 6.71. The lowest BCUT2D eigenvalue weighted by atomic mass is 9.66. The van der Waals surface area contributed by atoms with E-state index in [0.29, 0.717) is 19.3 Å². The van der Waals surface area contributed by atoms with Crippen LogP contribution in [0.25, 0.3) is 0 Å². The Hall–Kier alpha value is -1.66. The largest absolute Gasteiger partial charge is 0.462 e. The van der Waals surface area contributed by atoms with Gasteiger partial charge < -0.3 is 19.7 Å². The first-order valence-corrected chi connectivity index (χ1v) is 10.9. The molecule has 0 aromatic heterocycles. The van der Waals surface area contributed by atoms with E-state index in [1.165, 1.54) is 0 Å². The highest BCUT2D eigenvalue weighted by atomic mass is 16.6. The summed E-state index contributed by atoms with van der Waals surface area (Å²) in [7, 11) is 0. The lowest BCUT2D eigenvalue weighted by Crippen LogP contribution is -2.43. The van der Waals surface area contributed by atoms with Crippen LogP contribution < -0.4 is 0 Å². The van der Waals surface area contributed by atoms with Crippen LogP contribution in [0.4, 0.5) is 0 Å². The number of aliphatic hydroxyl groups excluding tert-OH is 2. The highest BCUT2D eigenvalue weighted by Gasteiger charge is 2.42. The van der Waals surface area contributed by atoms with Crippen molar-refractivity contribution < 1.29 is 29.3 Å². The summed E-state index contributed by atoms with van der Waals surface area (Å²) in [5.74, 6) is -0.203. The van der Waals surface area contributed by atoms with Crippen LogP contribution in [0.3, 0.4) is 0 Å². The van der Waals surface area contributed by atoms with Gasteiger partial charge in [0.25, 0.3) is 0 Å². The first kappa shape index (κ1) is 22.0. The molecule has 0 bridgehead atoms. The van der Waals surface area contributed by atoms with Gasteiger partial charge in [-0.2, -0.15) is 0 Å². The standard InChI is InChI=1S/C23H34O6/c1-4-13(2)23(27)29-20-11-16(24)9-15-6-5-14(3)19(22(15)20)8-7-18-10-17(25)12-21(26)28-18/h5-6,9,13-14,16-20,22,24-25H,4,7-8,10-12H2,1-3H3/t13-,14-,16+,17+,18?,19?,20-,22-/m0/s1. The van der Waals surface area contributed by atoms with Crippen molar-refractivity contribution in [3.63, 3.8) is 0 Å². The molecule has 2 aliphatic carbocycles. The fraction of sp³-hybridized carbons (Fsp3) is 0.739. The van der Waals surface area contributed by atoms with Gasteiger partial charge in [0.1, 0.15) is 12.2 Å². The molecule has 6 nitrogen and oxygen atoms in total. The first-order valence-electron chi connectivity index (χ1n) is 10.9. The molecule has 0 aromatic carbocycles. The van der Waals surface area contributed by atoms with Gasteiger partial charge in [0.15, 0.2) is 0 Å². The second-order valence-electron chi connectivity index (χ2n) is 8.95. The Kier molecular flexibility index (Phi) is 7.17. The molecule has 0 spiro atoms. The van der Waals surface area contributed by atoms with Crippen LogP contribution in [0.5, 0.6) is 0 Å². The topological polar surface area (TPSA) is 93.1 Å². The number of esters is 2. The molecule has 0 radical (unpaired) electrons. The molecular weight excluding hydrogens is 372 g/mol. The Labute approximate surface area is 173 Å². The molecule has 1 aliphatic heterocycles. The first-order chi connectivity index (χ1) is 13.8. The van der Waals surface area contributed by atoms with Crippen molar-refractivity contribution in [3.8, 4) is 0 Å². The zero-order valence-corrected chi connectivity index (χ0v) is 17.6. The minimum atomic E-state index is -0.630. The summed E-state index contributed by atoms with van der Waals surface area (Å²) in [6, 6.07) is 0. The van der Waals surface area contributed by atoms with E-state index in [2.05, 4.69) is 13.0 Å². The van der Waals surface area contributed by atoms with Crippen LogP contribution >= 0.6 is 0 Å². The van der Waals surface area contributed by atoms with Crippen molar-refractivity contribution in [2.75, 3.05) is 0 Å². The molecule has 1 fully saturated rings. The Morgan fingerprint density at radius 3 is 2.76 bits per heavy atom. The molecule has 3 aliphatic rings. The zero-order valence-electron chi connectivity index (χ0n) is 17.6. The summed E-state index contributed by atoms with van der Waals surface area (Å²) in [4.78, 5) is 24.1. The summed E-state index contributed by atoms with van der Waals surface area (Å²) in [5.41, 5.74) is 1.02. The fourth-order valence-corrected chi connectivity index (χ4v) is 4.84. The summed E-state index contributed by atoms with van der Waals surface area (Å²) >= 11 is 0. The van der Waals surface area contributed by atoms with Crippen molar-refractivity contribution in [1.29, 1.82) is 0 Å². The normalized spacial score (nSPS) is 37.9. The molecule has 0 aromatic rings. The van der Waals surface area contributed by atoms with Crippen molar-refractivity contribution in [2.45, 2.75) is 83.7 Å². The van der Waals surface area contributed by atoms with Crippen molar-refractivity contribution >= 4 is 11.9 Å². The minimum absolute atomic E-state index is 0.0237. The van der Waals surface area contributed by atoms with Crippen LogP contribution in [0.2, 0.25) is 0 Å². The van der Waals surface area contributed by atoms with Crippen LogP contribution in [0, 0.1) is 23.7 Å². The van der Waals surface area contributed by atoms with Gasteiger partial charge in [-0.15, -0.1) is 0 Å². The number of carbonyl (C=O) groups excluding carboxylic acids is 2. The van der Waals surface area contributed by atoms with Gasteiger partial charge in [0, 0.05) is 18.8 Å². The highest BCUT2D eigenvalue weighted by molar-refractivity contribution is 5.72. The van der Waals surface area contributed by atoms with Gasteiger partial charge >= 0.3 is 11.9 Å². The van der Waals surface area contributed by atoms with E-state index in [1.54, 1.807) is 0 Å². The smallest absolute Gasteiger partial charge is 0.308 e. The number of carbonyl (C=O) groups is 2. The number of aliphatic hydroxyl groups is 2. The van der Waals surface area contributed by atoms with E-state index >= 15 is 0 Å². The second-order valence-corrected chi connectivity index (χ2v) is 8.95. The molecule has 1 heterocycles. The van der Waals surface area contributed by atoms with Crippen molar-refractivity contribution in [3.05, 3.63) is 23.8 Å². The highest BCUT2D eigenvalue weighted by Crippen LogP contribution is 2.44. The zero-order chi connectivity index (χ0) is 21.1. The third kappa shape index (κ3) is 5.28. The molecule has 0 saturated carbocycles. The molecule has 0 amide bonds. The van der Waals surface area contributed by atoms with Gasteiger partial charge in [-0.05, 0) is 36.7 Å². The predicted molar refractivity (Wildman–Crippen MR) is 108 cm³/mol. The lowest BCUT2D eigenvalue weighted by Gasteiger charge is -2.43. The van der Waals surface area contributed by atoms with Gasteiger partial charge in [0.05, 0.1) is 24.5 Å². The lowest BCUT2D eigenvalue weighted by molar-refractivity contribution is -0.162. The Bertz CT molecular complexity index is 668. The quantitative estimate of drug-likeness (QED) is 0.659. The maximum absolute atomic E-state index is 12.5. The van der Waals surface area contributed by atoms with Crippen LogP contribution in [0.15, 0.2) is 23.8 Å². The molecule has 29 heavy (non-hydrogen) atoms. The fourth-order valence-electron chi connectivity index (χ4n) is 4.84. The Morgan fingerprint density at radius 2 is 2.07 bits per heavy atom. The number of hydrogen-bond acceptors (Lipinski definition) is 6. The van der Waals surface area contributed by atoms with Crippen molar-refractivity contribution in [2.24, 2.45) is 23.7 Å². The van der Waals surface area contributed by atoms with Crippen molar-refractivity contribution in [1.82, 2.24) is 0 Å². The number of fused-ring (bicyclic) bond motifs is 1. The van der Waals surface area contributed by atoms with E-state index in [0.717, 1.165) is 18.4 Å². The summed E-state index contributed by atoms with van der Waals surface area (Å²) in [5, 5.41) is 20.2. The summed E-state index contributed by atoms with van der Waals surface area (Å²) < 4.78 is 11.3. The van der Waals surface area contributed by atoms with E-state index in [-0.39, 0.29) is 54.2 Å². The Balaban J connectivity index is 1.74. The molecular formula is C23H34O6. The average Bonchev–Trinajstić information content (AvgIpc) is 2.65. The molecule has 3 rings (SSSR count). The Morgan fingerprint density at radius 1 is 1.31 bits per heavy atom. The monoisotopic (exact) mass is 406 g/mol. The van der Waals surface area contributed by atoms with Gasteiger partial charge in [-0.25, -0.2) is 0 Å². The van der Waals surface area contributed by atoms with E-state index in [4.69, 9.17) is 9.47 Å². The average molecular weight is 407 g/mol. The number of hydrogen-bond donors (Lipinski definition) is 2. The van der Waals surface area contributed by atoms with Gasteiger partial charge in [0.2, 0.25) is 0 Å². The number of cyclic esters (lactones) is 1. The van der Waals surface area contributed by atoms with Crippen LogP contribution in [-0.2, 0) is 19.1 Å². The van der Waals surface area contributed by atoms with E-state index in [9.17, 15) is 19.8 Å². The maximum atomic E-state index is 12.5.